The molecule has 14 heavy (non-hydrogen) atoms. The lowest BCUT2D eigenvalue weighted by molar-refractivity contribution is -0.115. The van der Waals surface area contributed by atoms with Gasteiger partial charge in [-0.3, -0.25) is 14.6 Å². The van der Waals surface area contributed by atoms with E-state index < -0.39 is 14.7 Å². The molecule has 1 amide bonds. The van der Waals surface area contributed by atoms with Crippen molar-refractivity contribution in [2.75, 3.05) is 5.32 Å². The molecule has 1 aromatic rings. The normalized spacial score (nSPS) is 17.8. The molecule has 0 unspecified atom stereocenters. The Kier molecular flexibility index (Phi) is 2.20. The molecule has 2 rings (SSSR count). The molecular weight excluding hydrogens is 341 g/mol. The molecule has 2 N–H and O–H groups in total. The summed E-state index contributed by atoms with van der Waals surface area (Å²) in [5, 5.41) is 2.36. The second kappa shape index (κ2) is 3.04. The van der Waals surface area contributed by atoms with Crippen molar-refractivity contribution in [2.24, 2.45) is 0 Å². The molecule has 1 aliphatic rings. The van der Waals surface area contributed by atoms with Gasteiger partial charge in [-0.05, 0) is 11.6 Å². The molecule has 5 nitrogen and oxygen atoms in total. The number of H-pyrrole nitrogens is 1. The lowest BCUT2D eigenvalue weighted by Crippen LogP contribution is -2.25. The summed E-state index contributed by atoms with van der Waals surface area (Å²) < 4.78 is -1.22. The highest BCUT2D eigenvalue weighted by Gasteiger charge is 2.46. The van der Waals surface area contributed by atoms with E-state index >= 15 is 0 Å². The molecular formula is C6H2Br2ClN3O2. The Bertz CT molecular complexity index is 484. The standard InChI is InChI=1S/C6H2Br2ClN3O2/c7-6(8)1-2(10-4(6)14)11-5(9)12-3(1)13/h(H2,10,11,12,13,14). The van der Waals surface area contributed by atoms with Crippen molar-refractivity contribution in [3.63, 3.8) is 0 Å². The van der Waals surface area contributed by atoms with Gasteiger partial charge in [-0.15, -0.1) is 0 Å². The summed E-state index contributed by atoms with van der Waals surface area (Å²) in [6, 6.07) is 0. The molecule has 0 bridgehead atoms. The summed E-state index contributed by atoms with van der Waals surface area (Å²) in [7, 11) is 0. The van der Waals surface area contributed by atoms with Crippen LogP contribution in [0.4, 0.5) is 5.82 Å². The fourth-order valence-corrected chi connectivity index (χ4v) is 2.23. The van der Waals surface area contributed by atoms with Gasteiger partial charge in [0.05, 0.1) is 5.56 Å². The smallest absolute Gasteiger partial charge is 0.260 e. The van der Waals surface area contributed by atoms with Crippen LogP contribution >= 0.6 is 43.5 Å². The van der Waals surface area contributed by atoms with Crippen molar-refractivity contribution >= 4 is 55.2 Å². The number of hydrogen-bond donors (Lipinski definition) is 2. The number of anilines is 1. The van der Waals surface area contributed by atoms with E-state index in [1.54, 1.807) is 0 Å². The number of fused-ring (bicyclic) bond motifs is 1. The third-order valence-electron chi connectivity index (χ3n) is 1.72. The number of nitrogens with one attached hydrogen (secondary N) is 2. The summed E-state index contributed by atoms with van der Waals surface area (Å²) in [6.07, 6.45) is 0. The third-order valence-corrected chi connectivity index (χ3v) is 3.41. The van der Waals surface area contributed by atoms with Gasteiger partial charge in [0.2, 0.25) is 5.28 Å². The molecule has 0 radical (unpaired) electrons. The highest BCUT2D eigenvalue weighted by atomic mass is 79.9. The molecule has 0 aliphatic carbocycles. The molecule has 8 heteroatoms. The zero-order valence-corrected chi connectivity index (χ0v) is 10.3. The van der Waals surface area contributed by atoms with Gasteiger partial charge in [-0.1, -0.05) is 31.9 Å². The molecule has 1 aromatic heterocycles. The first-order valence-corrected chi connectivity index (χ1v) is 5.39. The number of alkyl halides is 2. The van der Waals surface area contributed by atoms with Gasteiger partial charge in [0, 0.05) is 0 Å². The largest absolute Gasteiger partial charge is 0.308 e. The summed E-state index contributed by atoms with van der Waals surface area (Å²) in [6.45, 7) is 0. The topological polar surface area (TPSA) is 74.8 Å². The first-order chi connectivity index (χ1) is 6.43. The van der Waals surface area contributed by atoms with Gasteiger partial charge < -0.3 is 5.32 Å². The quantitative estimate of drug-likeness (QED) is 0.551. The number of nitrogens with zero attached hydrogens (tertiary/aromatic N) is 1. The average molecular weight is 343 g/mol. The van der Waals surface area contributed by atoms with Crippen LogP contribution in [0.5, 0.6) is 0 Å². The number of carbonyl (C=O) groups excluding carboxylic acids is 1. The Labute approximate surface area is 99.5 Å². The van der Waals surface area contributed by atoms with Crippen molar-refractivity contribution in [2.45, 2.75) is 3.23 Å². The second-order valence-corrected chi connectivity index (χ2v) is 6.41. The van der Waals surface area contributed by atoms with Crippen LogP contribution < -0.4 is 10.9 Å². The van der Waals surface area contributed by atoms with E-state index in [4.69, 9.17) is 11.6 Å². The van der Waals surface area contributed by atoms with Crippen LogP contribution in [-0.2, 0) is 8.03 Å². The minimum absolute atomic E-state index is 0.0632. The Balaban J connectivity index is 2.78. The maximum absolute atomic E-state index is 11.5. The van der Waals surface area contributed by atoms with Crippen molar-refractivity contribution in [3.8, 4) is 0 Å². The molecule has 74 valence electrons. The van der Waals surface area contributed by atoms with Crippen LogP contribution in [0.15, 0.2) is 4.79 Å². The highest BCUT2D eigenvalue weighted by molar-refractivity contribution is 9.25. The van der Waals surface area contributed by atoms with Crippen LogP contribution in [0.1, 0.15) is 5.56 Å². The van der Waals surface area contributed by atoms with E-state index in [2.05, 4.69) is 47.1 Å². The number of carbonyl (C=O) groups is 1. The van der Waals surface area contributed by atoms with Gasteiger partial charge in [0.25, 0.3) is 11.5 Å². The predicted molar refractivity (Wildman–Crippen MR) is 58.0 cm³/mol. The van der Waals surface area contributed by atoms with E-state index in [-0.39, 0.29) is 16.7 Å². The summed E-state index contributed by atoms with van der Waals surface area (Å²) in [4.78, 5) is 28.9. The Morgan fingerprint density at radius 2 is 2.00 bits per heavy atom. The zero-order chi connectivity index (χ0) is 10.5. The second-order valence-electron chi connectivity index (χ2n) is 2.61. The summed E-state index contributed by atoms with van der Waals surface area (Å²) in [5.41, 5.74) is -0.293. The van der Waals surface area contributed by atoms with Crippen molar-refractivity contribution in [3.05, 3.63) is 21.2 Å². The monoisotopic (exact) mass is 341 g/mol. The number of aromatic nitrogens is 2. The van der Waals surface area contributed by atoms with Gasteiger partial charge >= 0.3 is 0 Å². The van der Waals surface area contributed by atoms with E-state index in [1.165, 1.54) is 0 Å². The summed E-state index contributed by atoms with van der Waals surface area (Å²) >= 11 is 11.7. The Morgan fingerprint density at radius 3 is 2.64 bits per heavy atom. The van der Waals surface area contributed by atoms with Crippen molar-refractivity contribution in [1.82, 2.24) is 9.97 Å². The first-order valence-electron chi connectivity index (χ1n) is 3.42. The molecule has 0 spiro atoms. The zero-order valence-electron chi connectivity index (χ0n) is 6.40. The number of amides is 1. The predicted octanol–water partition coefficient (Wildman–Crippen LogP) is 1.32. The molecule has 2 heterocycles. The minimum Gasteiger partial charge on any atom is -0.308 e. The van der Waals surface area contributed by atoms with E-state index in [0.717, 1.165) is 0 Å². The van der Waals surface area contributed by atoms with Gasteiger partial charge in [0.1, 0.15) is 5.82 Å². The maximum atomic E-state index is 11.5. The highest BCUT2D eigenvalue weighted by Crippen LogP contribution is 2.44. The average Bonchev–Trinajstić information content (AvgIpc) is 2.21. The molecule has 0 saturated carbocycles. The van der Waals surface area contributed by atoms with Gasteiger partial charge in [-0.2, -0.15) is 0 Å². The van der Waals surface area contributed by atoms with Crippen LogP contribution in [0, 0.1) is 0 Å². The van der Waals surface area contributed by atoms with Crippen LogP contribution in [0.2, 0.25) is 5.28 Å². The van der Waals surface area contributed by atoms with Crippen molar-refractivity contribution in [1.29, 1.82) is 0 Å². The lowest BCUT2D eigenvalue weighted by Gasteiger charge is -2.07. The SMILES string of the molecule is O=C1Nc2nc(Cl)[nH]c(=O)c2C1(Br)Br. The lowest BCUT2D eigenvalue weighted by atomic mass is 10.2. The minimum atomic E-state index is -1.22. The number of rotatable bonds is 0. The number of halogens is 3. The summed E-state index contributed by atoms with van der Waals surface area (Å²) in [5.74, 6) is -0.245. The third kappa shape index (κ3) is 1.31. The van der Waals surface area contributed by atoms with Crippen LogP contribution in [0.3, 0.4) is 0 Å². The number of aromatic amines is 1. The molecule has 0 aromatic carbocycles. The first kappa shape index (κ1) is 10.1. The maximum Gasteiger partial charge on any atom is 0.260 e. The fraction of sp³-hybridized carbons (Fsp3) is 0.167. The van der Waals surface area contributed by atoms with Crippen LogP contribution in [-0.4, -0.2) is 15.9 Å². The Hall–Kier alpha value is -0.400. The van der Waals surface area contributed by atoms with Gasteiger partial charge in [-0.25, -0.2) is 4.98 Å². The molecule has 0 atom stereocenters. The number of hydrogen-bond acceptors (Lipinski definition) is 3. The van der Waals surface area contributed by atoms with E-state index in [1.807, 2.05) is 0 Å². The van der Waals surface area contributed by atoms with E-state index in [0.29, 0.717) is 0 Å². The van der Waals surface area contributed by atoms with E-state index in [9.17, 15) is 9.59 Å². The molecule has 0 saturated heterocycles. The fourth-order valence-electron chi connectivity index (χ4n) is 1.13. The van der Waals surface area contributed by atoms with Crippen LogP contribution in [0.25, 0.3) is 0 Å². The molecule has 1 aliphatic heterocycles. The van der Waals surface area contributed by atoms with Gasteiger partial charge in [0.15, 0.2) is 3.23 Å². The van der Waals surface area contributed by atoms with Crippen molar-refractivity contribution < 1.29 is 4.79 Å². The molecule has 0 fully saturated rings. The Morgan fingerprint density at radius 1 is 1.36 bits per heavy atom.